The van der Waals surface area contributed by atoms with Crippen LogP contribution in [0.1, 0.15) is 44.8 Å². The predicted molar refractivity (Wildman–Crippen MR) is 120 cm³/mol. The van der Waals surface area contributed by atoms with Gasteiger partial charge in [-0.15, -0.1) is 11.3 Å². The predicted octanol–water partition coefficient (Wildman–Crippen LogP) is 5.95. The van der Waals surface area contributed by atoms with Crippen molar-refractivity contribution in [2.24, 2.45) is 4.99 Å². The second kappa shape index (κ2) is 8.62. The third-order valence-electron chi connectivity index (χ3n) is 5.10. The van der Waals surface area contributed by atoms with Crippen molar-refractivity contribution in [3.63, 3.8) is 0 Å². The minimum absolute atomic E-state index is 0.0723. The monoisotopic (exact) mass is 404 g/mol. The van der Waals surface area contributed by atoms with Crippen molar-refractivity contribution in [1.29, 1.82) is 0 Å². The van der Waals surface area contributed by atoms with Crippen molar-refractivity contribution >= 4 is 34.1 Å². The first kappa shape index (κ1) is 19.4. The molecule has 4 nitrogen and oxygen atoms in total. The molecule has 0 radical (unpaired) electrons. The number of methoxy groups -OCH3 is 1. The molecule has 1 aliphatic carbocycles. The number of carbonyl (C=O) groups is 1. The maximum absolute atomic E-state index is 13.2. The summed E-state index contributed by atoms with van der Waals surface area (Å²) in [6.07, 6.45) is 6.09. The number of hydrogen-bond acceptors (Lipinski definition) is 4. The molecule has 5 heteroatoms. The lowest BCUT2D eigenvalue weighted by atomic mass is 9.95. The molecule has 0 saturated heterocycles. The molecule has 3 aromatic rings. The Balaban J connectivity index is 1.65. The molecule has 0 spiro atoms. The highest BCUT2D eigenvalue weighted by molar-refractivity contribution is 7.16. The molecule has 29 heavy (non-hydrogen) atoms. The summed E-state index contributed by atoms with van der Waals surface area (Å²) in [6, 6.07) is 15.6. The fraction of sp³-hybridized carbons (Fsp3) is 0.250. The second-order valence-corrected chi connectivity index (χ2v) is 8.33. The Morgan fingerprint density at radius 3 is 2.69 bits per heavy atom. The van der Waals surface area contributed by atoms with Gasteiger partial charge < -0.3 is 10.1 Å². The molecular weight excluding hydrogens is 380 g/mol. The highest BCUT2D eigenvalue weighted by Crippen LogP contribution is 2.40. The van der Waals surface area contributed by atoms with Crippen LogP contribution < -0.4 is 10.1 Å². The summed E-state index contributed by atoms with van der Waals surface area (Å²) < 4.78 is 5.21. The standard InChI is InChI=1S/C24H24N2O2S/c1-16-6-5-7-18(14-16)26-23(27)22-20-8-3-4-9-21(20)29-24(22)25-15-17-10-12-19(28-2)13-11-17/h5-7,10-15H,3-4,8-9H2,1-2H3,(H,26,27). The van der Waals surface area contributed by atoms with Gasteiger partial charge in [0.1, 0.15) is 10.8 Å². The Hall–Kier alpha value is -2.92. The number of ether oxygens (including phenoxy) is 1. The number of carbonyl (C=O) groups excluding carboxylic acids is 1. The van der Waals surface area contributed by atoms with Crippen LogP contribution in [0, 0.1) is 6.92 Å². The molecule has 1 aliphatic rings. The average molecular weight is 405 g/mol. The minimum Gasteiger partial charge on any atom is -0.497 e. The van der Waals surface area contributed by atoms with E-state index in [0.717, 1.165) is 52.4 Å². The number of aliphatic imine (C=N–C) groups is 1. The number of amides is 1. The summed E-state index contributed by atoms with van der Waals surface area (Å²) in [5, 5.41) is 3.86. The summed E-state index contributed by atoms with van der Waals surface area (Å²) in [6.45, 7) is 2.02. The molecular formula is C24H24N2O2S. The van der Waals surface area contributed by atoms with Gasteiger partial charge in [-0.25, -0.2) is 4.99 Å². The van der Waals surface area contributed by atoms with Crippen LogP contribution in [0.5, 0.6) is 5.75 Å². The first-order valence-corrected chi connectivity index (χ1v) is 10.7. The number of anilines is 1. The van der Waals surface area contributed by atoms with Crippen molar-refractivity contribution in [2.45, 2.75) is 32.6 Å². The van der Waals surface area contributed by atoms with Gasteiger partial charge in [-0.2, -0.15) is 0 Å². The van der Waals surface area contributed by atoms with E-state index >= 15 is 0 Å². The lowest BCUT2D eigenvalue weighted by Crippen LogP contribution is -2.14. The van der Waals surface area contributed by atoms with Gasteiger partial charge in [0, 0.05) is 16.8 Å². The van der Waals surface area contributed by atoms with Crippen LogP contribution in [0.25, 0.3) is 0 Å². The highest BCUT2D eigenvalue weighted by Gasteiger charge is 2.25. The summed E-state index contributed by atoms with van der Waals surface area (Å²) >= 11 is 1.65. The van der Waals surface area contributed by atoms with Gasteiger partial charge in [0.2, 0.25) is 0 Å². The van der Waals surface area contributed by atoms with Gasteiger partial charge in [-0.3, -0.25) is 4.79 Å². The number of thiophene rings is 1. The molecule has 0 saturated carbocycles. The van der Waals surface area contributed by atoms with Crippen LogP contribution >= 0.6 is 11.3 Å². The Bertz CT molecular complexity index is 1050. The molecule has 0 unspecified atom stereocenters. The maximum Gasteiger partial charge on any atom is 0.259 e. The Morgan fingerprint density at radius 2 is 1.93 bits per heavy atom. The van der Waals surface area contributed by atoms with E-state index in [-0.39, 0.29) is 5.91 Å². The quantitative estimate of drug-likeness (QED) is 0.535. The normalized spacial score (nSPS) is 13.3. The zero-order valence-electron chi connectivity index (χ0n) is 16.7. The summed E-state index contributed by atoms with van der Waals surface area (Å²) in [5.74, 6) is 0.740. The molecule has 1 aromatic heterocycles. The first-order chi connectivity index (χ1) is 14.1. The van der Waals surface area contributed by atoms with Crippen LogP contribution in [-0.2, 0) is 12.8 Å². The number of fused-ring (bicyclic) bond motifs is 1. The fourth-order valence-corrected chi connectivity index (χ4v) is 4.85. The van der Waals surface area contributed by atoms with E-state index in [1.54, 1.807) is 18.4 Å². The van der Waals surface area contributed by atoms with Gasteiger partial charge in [0.25, 0.3) is 5.91 Å². The number of aryl methyl sites for hydroxylation is 2. The van der Waals surface area contributed by atoms with Crippen molar-refractivity contribution in [2.75, 3.05) is 12.4 Å². The van der Waals surface area contributed by atoms with Gasteiger partial charge in [-0.1, -0.05) is 12.1 Å². The molecule has 4 rings (SSSR count). The van der Waals surface area contributed by atoms with E-state index in [1.807, 2.05) is 61.7 Å². The van der Waals surface area contributed by atoms with Gasteiger partial charge >= 0.3 is 0 Å². The van der Waals surface area contributed by atoms with Crippen LogP contribution in [0.4, 0.5) is 10.7 Å². The van der Waals surface area contributed by atoms with Gasteiger partial charge in [0.15, 0.2) is 0 Å². The first-order valence-electron chi connectivity index (χ1n) is 9.85. The number of rotatable bonds is 5. The van der Waals surface area contributed by atoms with E-state index in [4.69, 9.17) is 9.73 Å². The SMILES string of the molecule is COc1ccc(C=Nc2sc3c(c2C(=O)Nc2cccc(C)c2)CCCC3)cc1. The molecule has 0 aliphatic heterocycles. The molecule has 1 N–H and O–H groups in total. The van der Waals surface area contributed by atoms with Crippen molar-refractivity contribution in [3.05, 3.63) is 75.7 Å². The van der Waals surface area contributed by atoms with Crippen molar-refractivity contribution in [1.82, 2.24) is 0 Å². The van der Waals surface area contributed by atoms with E-state index < -0.39 is 0 Å². The fourth-order valence-electron chi connectivity index (χ4n) is 3.62. The molecule has 2 aromatic carbocycles. The van der Waals surface area contributed by atoms with Crippen LogP contribution in [0.2, 0.25) is 0 Å². The highest BCUT2D eigenvalue weighted by atomic mass is 32.1. The minimum atomic E-state index is -0.0723. The summed E-state index contributed by atoms with van der Waals surface area (Å²) in [4.78, 5) is 19.2. The van der Waals surface area contributed by atoms with E-state index in [9.17, 15) is 4.79 Å². The zero-order valence-corrected chi connectivity index (χ0v) is 17.5. The molecule has 148 valence electrons. The maximum atomic E-state index is 13.2. The molecule has 0 atom stereocenters. The summed E-state index contributed by atoms with van der Waals surface area (Å²) in [5.41, 5.74) is 4.82. The van der Waals surface area contributed by atoms with Gasteiger partial charge in [-0.05, 0) is 85.7 Å². The topological polar surface area (TPSA) is 50.7 Å². The third-order valence-corrected chi connectivity index (χ3v) is 6.30. The Kier molecular flexibility index (Phi) is 5.76. The molecule has 1 amide bonds. The largest absolute Gasteiger partial charge is 0.497 e. The van der Waals surface area contributed by atoms with E-state index in [0.29, 0.717) is 0 Å². The van der Waals surface area contributed by atoms with Crippen LogP contribution in [0.15, 0.2) is 53.5 Å². The number of hydrogen-bond donors (Lipinski definition) is 1. The molecule has 0 bridgehead atoms. The second-order valence-electron chi connectivity index (χ2n) is 7.25. The number of nitrogens with zero attached hydrogens (tertiary/aromatic N) is 1. The molecule has 1 heterocycles. The smallest absolute Gasteiger partial charge is 0.259 e. The van der Waals surface area contributed by atoms with E-state index in [2.05, 4.69) is 5.32 Å². The van der Waals surface area contributed by atoms with Crippen LogP contribution in [0.3, 0.4) is 0 Å². The van der Waals surface area contributed by atoms with Gasteiger partial charge in [0.05, 0.1) is 12.7 Å². The lowest BCUT2D eigenvalue weighted by Gasteiger charge is -2.13. The van der Waals surface area contributed by atoms with Crippen molar-refractivity contribution < 1.29 is 9.53 Å². The zero-order chi connectivity index (χ0) is 20.2. The lowest BCUT2D eigenvalue weighted by molar-refractivity contribution is 0.102. The third kappa shape index (κ3) is 4.40. The number of nitrogens with one attached hydrogen (secondary N) is 1. The van der Waals surface area contributed by atoms with Crippen LogP contribution in [-0.4, -0.2) is 19.2 Å². The average Bonchev–Trinajstić information content (AvgIpc) is 3.11. The molecule has 0 fully saturated rings. The van der Waals surface area contributed by atoms with Crippen molar-refractivity contribution in [3.8, 4) is 5.75 Å². The van der Waals surface area contributed by atoms with E-state index in [1.165, 1.54) is 16.9 Å². The Labute approximate surface area is 175 Å². The number of benzene rings is 2. The summed E-state index contributed by atoms with van der Waals surface area (Å²) in [7, 11) is 1.65. The Morgan fingerprint density at radius 1 is 1.14 bits per heavy atom.